The first-order chi connectivity index (χ1) is 12.3. The van der Waals surface area contributed by atoms with Crippen LogP contribution < -0.4 is 10.5 Å². The second-order valence-corrected chi connectivity index (χ2v) is 6.98. The summed E-state index contributed by atoms with van der Waals surface area (Å²) in [5.74, 6) is 1.34. The molecule has 1 aliphatic heterocycles. The third-order valence-corrected chi connectivity index (χ3v) is 5.17. The Morgan fingerprint density at radius 3 is 2.84 bits per heavy atom. The van der Waals surface area contributed by atoms with Gasteiger partial charge in [-0.25, -0.2) is 9.67 Å². The fraction of sp³-hybridized carbons (Fsp3) is 0.368. The van der Waals surface area contributed by atoms with Gasteiger partial charge in [-0.3, -0.25) is 9.78 Å². The lowest BCUT2D eigenvalue weighted by Gasteiger charge is -2.40. The highest BCUT2D eigenvalue weighted by molar-refractivity contribution is 5.75. The van der Waals surface area contributed by atoms with Gasteiger partial charge in [0, 0.05) is 25.1 Å². The first-order valence-electron chi connectivity index (χ1n) is 8.83. The van der Waals surface area contributed by atoms with Crippen LogP contribution in [0.2, 0.25) is 0 Å². The molecule has 2 aromatic heterocycles. The zero-order valence-electron chi connectivity index (χ0n) is 13.9. The van der Waals surface area contributed by atoms with Gasteiger partial charge in [-0.05, 0) is 37.0 Å². The predicted octanol–water partition coefficient (Wildman–Crippen LogP) is 1.81. The van der Waals surface area contributed by atoms with Crippen molar-refractivity contribution in [3.63, 3.8) is 0 Å². The van der Waals surface area contributed by atoms with Crippen LogP contribution in [0.1, 0.15) is 17.7 Å². The lowest BCUT2D eigenvalue weighted by molar-refractivity contribution is 0.331. The van der Waals surface area contributed by atoms with Crippen LogP contribution in [-0.4, -0.2) is 32.8 Å². The molecule has 0 unspecified atom stereocenters. The summed E-state index contributed by atoms with van der Waals surface area (Å²) >= 11 is 0. The van der Waals surface area contributed by atoms with E-state index in [1.807, 2.05) is 30.5 Å². The van der Waals surface area contributed by atoms with E-state index in [0.717, 1.165) is 60.5 Å². The third-order valence-electron chi connectivity index (χ3n) is 5.17. The minimum absolute atomic E-state index is 0.0320. The Kier molecular flexibility index (Phi) is 3.29. The van der Waals surface area contributed by atoms with Gasteiger partial charge < -0.3 is 4.90 Å². The number of rotatable bonds is 3. The quantitative estimate of drug-likeness (QED) is 0.731. The molecular weight excluding hydrogens is 314 g/mol. The van der Waals surface area contributed by atoms with Crippen LogP contribution in [0.4, 0.5) is 5.82 Å². The van der Waals surface area contributed by atoms with E-state index in [-0.39, 0.29) is 5.56 Å². The van der Waals surface area contributed by atoms with Crippen molar-refractivity contribution in [2.45, 2.75) is 25.8 Å². The summed E-state index contributed by atoms with van der Waals surface area (Å²) < 4.78 is 1.65. The van der Waals surface area contributed by atoms with E-state index in [9.17, 15) is 4.79 Å². The minimum atomic E-state index is 0.0320. The fourth-order valence-corrected chi connectivity index (χ4v) is 3.79. The van der Waals surface area contributed by atoms with Crippen molar-refractivity contribution in [2.75, 3.05) is 18.0 Å². The van der Waals surface area contributed by atoms with Gasteiger partial charge >= 0.3 is 0 Å². The zero-order chi connectivity index (χ0) is 16.8. The van der Waals surface area contributed by atoms with Gasteiger partial charge in [0.2, 0.25) is 0 Å². The summed E-state index contributed by atoms with van der Waals surface area (Å²) in [5.41, 5.74) is 4.11. The molecule has 6 heteroatoms. The Hall–Kier alpha value is -2.76. The van der Waals surface area contributed by atoms with Crippen molar-refractivity contribution in [3.05, 3.63) is 58.1 Å². The van der Waals surface area contributed by atoms with E-state index >= 15 is 0 Å². The second kappa shape index (κ2) is 5.65. The molecule has 0 spiro atoms. The van der Waals surface area contributed by atoms with Crippen molar-refractivity contribution in [1.82, 2.24) is 19.7 Å². The molecular formula is C19H19N5O. The number of aromatic nitrogens is 4. The van der Waals surface area contributed by atoms with E-state index in [4.69, 9.17) is 0 Å². The number of aryl methyl sites for hydroxylation is 2. The lowest BCUT2D eigenvalue weighted by atomic mass is 10.0. The second-order valence-electron chi connectivity index (χ2n) is 6.98. The molecule has 3 heterocycles. The molecule has 0 amide bonds. The van der Waals surface area contributed by atoms with E-state index in [1.54, 1.807) is 10.7 Å². The van der Waals surface area contributed by atoms with Crippen molar-refractivity contribution >= 4 is 16.9 Å². The van der Waals surface area contributed by atoms with E-state index in [0.29, 0.717) is 12.5 Å². The number of fused-ring (bicyclic) bond motifs is 2. The smallest absolute Gasteiger partial charge is 0.267 e. The molecule has 6 nitrogen and oxygen atoms in total. The van der Waals surface area contributed by atoms with Crippen molar-refractivity contribution in [1.29, 1.82) is 0 Å². The molecule has 0 saturated carbocycles. The summed E-state index contributed by atoms with van der Waals surface area (Å²) in [4.78, 5) is 23.6. The largest absolute Gasteiger partial charge is 0.354 e. The average molecular weight is 333 g/mol. The van der Waals surface area contributed by atoms with Crippen LogP contribution in [0.15, 0.2) is 41.3 Å². The summed E-state index contributed by atoms with van der Waals surface area (Å²) in [6.07, 6.45) is 4.94. The Bertz CT molecular complexity index is 1010. The highest BCUT2D eigenvalue weighted by Gasteiger charge is 2.29. The van der Waals surface area contributed by atoms with Gasteiger partial charge in [0.05, 0.1) is 29.5 Å². The normalized spacial score (nSPS) is 16.9. The topological polar surface area (TPSA) is 63.9 Å². The number of benzene rings is 1. The molecule has 25 heavy (non-hydrogen) atoms. The van der Waals surface area contributed by atoms with Crippen molar-refractivity contribution in [3.8, 4) is 0 Å². The zero-order valence-corrected chi connectivity index (χ0v) is 13.9. The Labute approximate surface area is 145 Å². The average Bonchev–Trinajstić information content (AvgIpc) is 3.04. The SMILES string of the molecule is O=c1cc2c(nn1CC1CN(c3cnc4ccccc4n3)C1)CCC2. The fourth-order valence-electron chi connectivity index (χ4n) is 3.79. The highest BCUT2D eigenvalue weighted by Crippen LogP contribution is 2.25. The summed E-state index contributed by atoms with van der Waals surface area (Å²) in [5, 5.41) is 4.57. The van der Waals surface area contributed by atoms with Crippen molar-refractivity contribution in [2.24, 2.45) is 5.92 Å². The first kappa shape index (κ1) is 14.6. The van der Waals surface area contributed by atoms with Crippen LogP contribution in [-0.2, 0) is 19.4 Å². The number of hydrogen-bond acceptors (Lipinski definition) is 5. The van der Waals surface area contributed by atoms with Crippen LogP contribution in [0.25, 0.3) is 11.0 Å². The Balaban J connectivity index is 1.29. The van der Waals surface area contributed by atoms with Gasteiger partial charge in [0.15, 0.2) is 0 Å². The monoisotopic (exact) mass is 333 g/mol. The van der Waals surface area contributed by atoms with Crippen LogP contribution in [0, 0.1) is 5.92 Å². The van der Waals surface area contributed by atoms with Gasteiger partial charge in [-0.2, -0.15) is 5.10 Å². The summed E-state index contributed by atoms with van der Waals surface area (Å²) in [7, 11) is 0. The third kappa shape index (κ3) is 2.58. The van der Waals surface area contributed by atoms with E-state index in [1.165, 1.54) is 0 Å². The molecule has 126 valence electrons. The molecule has 2 aliphatic rings. The Morgan fingerprint density at radius 1 is 1.12 bits per heavy atom. The number of hydrogen-bond donors (Lipinski definition) is 0. The molecule has 1 aliphatic carbocycles. The number of para-hydroxylation sites is 2. The van der Waals surface area contributed by atoms with Gasteiger partial charge in [0.1, 0.15) is 5.82 Å². The van der Waals surface area contributed by atoms with E-state index in [2.05, 4.69) is 20.0 Å². The number of nitrogens with zero attached hydrogens (tertiary/aromatic N) is 5. The molecule has 0 N–H and O–H groups in total. The Morgan fingerprint density at radius 2 is 1.96 bits per heavy atom. The van der Waals surface area contributed by atoms with Crippen LogP contribution in [0.3, 0.4) is 0 Å². The maximum atomic E-state index is 12.2. The first-order valence-corrected chi connectivity index (χ1v) is 8.83. The van der Waals surface area contributed by atoms with Crippen LogP contribution in [0.5, 0.6) is 0 Å². The molecule has 1 aromatic carbocycles. The van der Waals surface area contributed by atoms with Crippen LogP contribution >= 0.6 is 0 Å². The van der Waals surface area contributed by atoms with Gasteiger partial charge in [-0.15, -0.1) is 0 Å². The van der Waals surface area contributed by atoms with Gasteiger partial charge in [-0.1, -0.05) is 12.1 Å². The summed E-state index contributed by atoms with van der Waals surface area (Å²) in [6, 6.07) is 9.68. The number of anilines is 1. The van der Waals surface area contributed by atoms with Gasteiger partial charge in [0.25, 0.3) is 5.56 Å². The maximum Gasteiger partial charge on any atom is 0.267 e. The standard InChI is InChI=1S/C19H19N5O/c25-19-8-14-4-3-7-15(14)22-24(19)12-13-10-23(11-13)18-9-20-16-5-1-2-6-17(16)21-18/h1-2,5-6,8-9,13H,3-4,7,10-12H2. The predicted molar refractivity (Wildman–Crippen MR) is 95.8 cm³/mol. The minimum Gasteiger partial charge on any atom is -0.354 e. The van der Waals surface area contributed by atoms with E-state index < -0.39 is 0 Å². The molecule has 0 bridgehead atoms. The molecule has 1 saturated heterocycles. The van der Waals surface area contributed by atoms with Crippen molar-refractivity contribution < 1.29 is 0 Å². The highest BCUT2D eigenvalue weighted by atomic mass is 16.1. The maximum absolute atomic E-state index is 12.2. The molecule has 0 atom stereocenters. The molecule has 5 rings (SSSR count). The molecule has 1 fully saturated rings. The summed E-state index contributed by atoms with van der Waals surface area (Å²) in [6.45, 7) is 2.46. The lowest BCUT2D eigenvalue weighted by Crippen LogP contribution is -2.50. The molecule has 0 radical (unpaired) electrons. The molecule has 3 aromatic rings.